The van der Waals surface area contributed by atoms with Gasteiger partial charge in [-0.2, -0.15) is 0 Å². The first kappa shape index (κ1) is 29.7. The fourth-order valence-electron chi connectivity index (χ4n) is 5.27. The highest BCUT2D eigenvalue weighted by Gasteiger charge is 2.10. The van der Waals surface area contributed by atoms with Crippen LogP contribution in [0.5, 0.6) is 0 Å². The van der Waals surface area contributed by atoms with Crippen LogP contribution in [0.1, 0.15) is 51.4 Å². The summed E-state index contributed by atoms with van der Waals surface area (Å²) in [5.41, 5.74) is 3.85. The number of unbranched alkanes of at least 4 members (excludes halogenated alkanes) is 5. The lowest BCUT2D eigenvalue weighted by molar-refractivity contribution is -0.117. The average Bonchev–Trinajstić information content (AvgIpc) is 3.72. The number of aromatic nitrogens is 2. The van der Waals surface area contributed by atoms with E-state index in [0.717, 1.165) is 61.0 Å². The average molecular weight is 619 g/mol. The Kier molecular flexibility index (Phi) is 9.70. The molecule has 6 rings (SSSR count). The molecule has 0 spiro atoms. The molecule has 222 valence electrons. The van der Waals surface area contributed by atoms with Gasteiger partial charge in [-0.05, 0) is 46.5 Å². The fraction of sp³-hybridized carbons (Fsp3) is 0.222. The number of carbonyl (C=O) groups excluding carboxylic acids is 2. The minimum absolute atomic E-state index is 0.00652. The molecule has 0 atom stereocenters. The lowest BCUT2D eigenvalue weighted by atomic mass is 10.1. The molecule has 6 nitrogen and oxygen atoms in total. The molecule has 4 aromatic carbocycles. The molecule has 0 aliphatic carbocycles. The number of hydrogen-bond acceptors (Lipinski definition) is 6. The zero-order valence-electron chi connectivity index (χ0n) is 24.4. The number of carbonyl (C=O) groups is 2. The minimum Gasteiger partial charge on any atom is -0.302 e. The van der Waals surface area contributed by atoms with Gasteiger partial charge in [0.15, 0.2) is 10.3 Å². The topological polar surface area (TPSA) is 84.0 Å². The van der Waals surface area contributed by atoms with Gasteiger partial charge in [-0.3, -0.25) is 9.59 Å². The molecule has 0 aliphatic rings. The molecule has 0 fully saturated rings. The second-order valence-electron chi connectivity index (χ2n) is 10.9. The van der Waals surface area contributed by atoms with Crippen molar-refractivity contribution in [1.29, 1.82) is 0 Å². The van der Waals surface area contributed by atoms with Gasteiger partial charge in [0.2, 0.25) is 11.8 Å². The third kappa shape index (κ3) is 7.75. The molecule has 6 aromatic rings. The summed E-state index contributed by atoms with van der Waals surface area (Å²) in [6, 6.07) is 29.1. The van der Waals surface area contributed by atoms with Crippen LogP contribution in [-0.4, -0.2) is 21.8 Å². The molecule has 0 unspecified atom stereocenters. The van der Waals surface area contributed by atoms with Gasteiger partial charge in [0, 0.05) is 34.7 Å². The van der Waals surface area contributed by atoms with E-state index in [2.05, 4.69) is 81.3 Å². The molecule has 0 saturated heterocycles. The number of hydrogen-bond donors (Lipinski definition) is 2. The largest absolute Gasteiger partial charge is 0.302 e. The number of nitrogens with zero attached hydrogens (tertiary/aromatic N) is 2. The maximum Gasteiger partial charge on any atom is 0.226 e. The van der Waals surface area contributed by atoms with Crippen molar-refractivity contribution in [3.05, 3.63) is 95.7 Å². The number of benzene rings is 4. The summed E-state index contributed by atoms with van der Waals surface area (Å²) in [4.78, 5) is 34.1. The molecule has 2 heterocycles. The number of thiazole rings is 2. The van der Waals surface area contributed by atoms with Crippen molar-refractivity contribution in [2.24, 2.45) is 0 Å². The summed E-state index contributed by atoms with van der Waals surface area (Å²) < 4.78 is 0. The summed E-state index contributed by atoms with van der Waals surface area (Å²) in [7, 11) is 0. The summed E-state index contributed by atoms with van der Waals surface area (Å²) in [5, 5.41) is 15.9. The molecule has 2 N–H and O–H groups in total. The van der Waals surface area contributed by atoms with Crippen molar-refractivity contribution in [2.45, 2.75) is 51.4 Å². The monoisotopic (exact) mass is 618 g/mol. The van der Waals surface area contributed by atoms with Gasteiger partial charge in [-0.15, -0.1) is 22.7 Å². The summed E-state index contributed by atoms with van der Waals surface area (Å²) in [5.74, 6) is 0.0130. The van der Waals surface area contributed by atoms with Gasteiger partial charge >= 0.3 is 0 Å². The van der Waals surface area contributed by atoms with E-state index in [1.165, 1.54) is 44.2 Å². The molecule has 0 bridgehead atoms. The van der Waals surface area contributed by atoms with E-state index in [0.29, 0.717) is 23.1 Å². The van der Waals surface area contributed by atoms with E-state index in [1.807, 2.05) is 35.0 Å². The minimum atomic E-state index is 0.00652. The Morgan fingerprint density at radius 2 is 0.932 bits per heavy atom. The predicted molar refractivity (Wildman–Crippen MR) is 184 cm³/mol. The van der Waals surface area contributed by atoms with Crippen molar-refractivity contribution in [3.8, 4) is 22.5 Å². The summed E-state index contributed by atoms with van der Waals surface area (Å²) in [6.07, 6.45) is 6.77. The second-order valence-corrected chi connectivity index (χ2v) is 12.6. The molecule has 0 saturated carbocycles. The second kappa shape index (κ2) is 14.4. The van der Waals surface area contributed by atoms with Gasteiger partial charge in [0.25, 0.3) is 0 Å². The van der Waals surface area contributed by atoms with Crippen LogP contribution >= 0.6 is 22.7 Å². The normalized spacial score (nSPS) is 11.2. The highest BCUT2D eigenvalue weighted by Crippen LogP contribution is 2.29. The van der Waals surface area contributed by atoms with Gasteiger partial charge in [0.05, 0.1) is 11.4 Å². The lowest BCUT2D eigenvalue weighted by Crippen LogP contribution is -2.11. The number of rotatable bonds is 13. The molecule has 0 radical (unpaired) electrons. The van der Waals surface area contributed by atoms with Crippen molar-refractivity contribution in [3.63, 3.8) is 0 Å². The first-order valence-electron chi connectivity index (χ1n) is 15.1. The molecule has 2 amide bonds. The van der Waals surface area contributed by atoms with Gasteiger partial charge in [-0.1, -0.05) is 98.5 Å². The molecule has 2 aromatic heterocycles. The SMILES string of the molecule is O=C(CCCCCCCCC(=O)Nc1nc(-c2ccc3ccccc3c2)cs1)Nc1nc(-c2ccc3ccccc3c2)cs1. The first-order valence-corrected chi connectivity index (χ1v) is 16.9. The number of amides is 2. The van der Waals surface area contributed by atoms with E-state index in [4.69, 9.17) is 0 Å². The number of anilines is 2. The van der Waals surface area contributed by atoms with Gasteiger partial charge in [0.1, 0.15) is 0 Å². The van der Waals surface area contributed by atoms with Crippen molar-refractivity contribution >= 4 is 66.3 Å². The highest BCUT2D eigenvalue weighted by atomic mass is 32.1. The van der Waals surface area contributed by atoms with E-state index >= 15 is 0 Å². The van der Waals surface area contributed by atoms with Crippen LogP contribution in [0, 0.1) is 0 Å². The first-order chi connectivity index (χ1) is 21.6. The molecule has 0 aliphatic heterocycles. The van der Waals surface area contributed by atoms with E-state index in [1.54, 1.807) is 0 Å². The van der Waals surface area contributed by atoms with Gasteiger partial charge in [-0.25, -0.2) is 9.97 Å². The van der Waals surface area contributed by atoms with Crippen molar-refractivity contribution in [2.75, 3.05) is 10.6 Å². The third-order valence-corrected chi connectivity index (χ3v) is 9.16. The van der Waals surface area contributed by atoms with E-state index < -0.39 is 0 Å². The van der Waals surface area contributed by atoms with E-state index in [-0.39, 0.29) is 11.8 Å². The smallest absolute Gasteiger partial charge is 0.226 e. The maximum absolute atomic E-state index is 12.4. The molecule has 44 heavy (non-hydrogen) atoms. The Bertz CT molecular complexity index is 1760. The van der Waals surface area contributed by atoms with Crippen LogP contribution in [0.15, 0.2) is 95.7 Å². The van der Waals surface area contributed by atoms with Crippen LogP contribution in [0.2, 0.25) is 0 Å². The Morgan fingerprint density at radius 3 is 1.39 bits per heavy atom. The van der Waals surface area contributed by atoms with Crippen LogP contribution in [0.4, 0.5) is 10.3 Å². The Hall–Kier alpha value is -4.40. The third-order valence-electron chi connectivity index (χ3n) is 7.65. The van der Waals surface area contributed by atoms with Gasteiger partial charge < -0.3 is 10.6 Å². The maximum atomic E-state index is 12.4. The van der Waals surface area contributed by atoms with Crippen LogP contribution in [0.25, 0.3) is 44.1 Å². The number of nitrogens with one attached hydrogen (secondary N) is 2. The quantitative estimate of drug-likeness (QED) is 0.126. The van der Waals surface area contributed by atoms with Crippen LogP contribution in [0.3, 0.4) is 0 Å². The van der Waals surface area contributed by atoms with E-state index in [9.17, 15) is 9.59 Å². The molecular formula is C36H34N4O2S2. The Morgan fingerprint density at radius 1 is 0.523 bits per heavy atom. The lowest BCUT2D eigenvalue weighted by Gasteiger charge is -2.04. The van der Waals surface area contributed by atoms with Crippen molar-refractivity contribution < 1.29 is 9.59 Å². The standard InChI is InChI=1S/C36H34N4O2S2/c41-33(39-35-37-31(23-43-35)29-19-17-25-11-7-9-13-27(25)21-29)15-5-3-1-2-4-6-16-34(42)40-36-38-32(24-44-36)30-20-18-26-12-8-10-14-28(26)22-30/h7-14,17-24H,1-6,15-16H2,(H,37,39,41)(H,38,40,42). The zero-order valence-corrected chi connectivity index (χ0v) is 26.1. The summed E-state index contributed by atoms with van der Waals surface area (Å²) >= 11 is 2.91. The van der Waals surface area contributed by atoms with Crippen LogP contribution < -0.4 is 10.6 Å². The van der Waals surface area contributed by atoms with Crippen LogP contribution in [-0.2, 0) is 9.59 Å². The predicted octanol–water partition coefficient (Wildman–Crippen LogP) is 9.94. The Labute approximate surface area is 265 Å². The fourth-order valence-corrected chi connectivity index (χ4v) is 6.74. The Balaban J connectivity index is 0.840. The highest BCUT2D eigenvalue weighted by molar-refractivity contribution is 7.14. The van der Waals surface area contributed by atoms with Crippen molar-refractivity contribution in [1.82, 2.24) is 9.97 Å². The zero-order chi connectivity index (χ0) is 30.1. The summed E-state index contributed by atoms with van der Waals surface area (Å²) in [6.45, 7) is 0. The molecule has 8 heteroatoms. The number of fused-ring (bicyclic) bond motifs is 2. The molecular weight excluding hydrogens is 585 g/mol.